The van der Waals surface area contributed by atoms with Gasteiger partial charge in [0.2, 0.25) is 0 Å². The van der Waals surface area contributed by atoms with Crippen molar-refractivity contribution in [3.05, 3.63) is 42.5 Å². The summed E-state index contributed by atoms with van der Waals surface area (Å²) in [6.45, 7) is 1.45. The van der Waals surface area contributed by atoms with Gasteiger partial charge in [-0.2, -0.15) is 0 Å². The third-order valence-electron chi connectivity index (χ3n) is 1.98. The van der Waals surface area contributed by atoms with E-state index >= 15 is 0 Å². The number of carbonyl (C=O) groups is 1. The summed E-state index contributed by atoms with van der Waals surface area (Å²) in [6, 6.07) is 14.4. The molecule has 0 unspecified atom stereocenters. The molecular weight excluding hydrogens is 304 g/mol. The normalized spacial score (nSPS) is 10.2. The van der Waals surface area contributed by atoms with Crippen molar-refractivity contribution in [1.29, 1.82) is 0 Å². The summed E-state index contributed by atoms with van der Waals surface area (Å²) < 4.78 is 6.22. The Kier molecular flexibility index (Phi) is 3.25. The van der Waals surface area contributed by atoms with E-state index in [1.807, 2.05) is 18.2 Å². The summed E-state index contributed by atoms with van der Waals surface area (Å²) in [7, 11) is 0. The summed E-state index contributed by atoms with van der Waals surface area (Å²) in [6.07, 6.45) is 0. The molecule has 0 amide bonds. The summed E-state index contributed by atoms with van der Waals surface area (Å²) in [5.74, 6) is -0.189. The Balaban J connectivity index is 2.26. The van der Waals surface area contributed by atoms with Gasteiger partial charge in [-0.15, -0.1) is 0 Å². The number of hydrogen-bond acceptors (Lipinski definition) is 2. The first-order valence-corrected chi connectivity index (χ1v) is 6.71. The van der Waals surface area contributed by atoms with E-state index in [0.717, 1.165) is 3.61 Å². The Labute approximate surface area is 98.9 Å². The summed E-state index contributed by atoms with van der Waals surface area (Å²) in [5, 5.41) is 2.42. The van der Waals surface area contributed by atoms with E-state index in [1.54, 1.807) is 0 Å². The molecule has 0 saturated heterocycles. The molecule has 2 aromatic rings. The average molecular weight is 314 g/mol. The van der Waals surface area contributed by atoms with E-state index in [-0.39, 0.29) is 5.97 Å². The van der Waals surface area contributed by atoms with Gasteiger partial charge in [0.25, 0.3) is 0 Å². The quantitative estimate of drug-likeness (QED) is 0.788. The van der Waals surface area contributed by atoms with Gasteiger partial charge in [-0.1, -0.05) is 0 Å². The number of carbonyl (C=O) groups excluding carboxylic acids is 1. The van der Waals surface area contributed by atoms with Crippen LogP contribution in [0.5, 0.6) is 0 Å². The van der Waals surface area contributed by atoms with E-state index in [2.05, 4.69) is 24.3 Å². The van der Waals surface area contributed by atoms with E-state index < -0.39 is 21.3 Å². The van der Waals surface area contributed by atoms with E-state index in [0.29, 0.717) is 0 Å². The maximum atomic E-state index is 10.7. The van der Waals surface area contributed by atoms with Gasteiger partial charge >= 0.3 is 99.0 Å². The molecule has 0 bridgehead atoms. The standard InChI is InChI=1S/C12H10O2Te/c1-9(13)14-15-12-7-6-10-4-2-3-5-11(10)8-12/h2-8H,1H3. The van der Waals surface area contributed by atoms with Gasteiger partial charge in [-0.3, -0.25) is 0 Å². The number of hydrogen-bond donors (Lipinski definition) is 0. The van der Waals surface area contributed by atoms with Gasteiger partial charge in [-0.05, 0) is 0 Å². The van der Waals surface area contributed by atoms with Crippen molar-refractivity contribution in [1.82, 2.24) is 0 Å². The van der Waals surface area contributed by atoms with Gasteiger partial charge in [0.15, 0.2) is 0 Å². The fraction of sp³-hybridized carbons (Fsp3) is 0.0833. The van der Waals surface area contributed by atoms with Crippen molar-refractivity contribution in [3.63, 3.8) is 0 Å². The molecule has 76 valence electrons. The van der Waals surface area contributed by atoms with Gasteiger partial charge in [0.1, 0.15) is 0 Å². The monoisotopic (exact) mass is 316 g/mol. The van der Waals surface area contributed by atoms with E-state index in [1.165, 1.54) is 17.7 Å². The Hall–Kier alpha value is -1.04. The average Bonchev–Trinajstić information content (AvgIpc) is 2.26. The molecule has 3 heteroatoms. The predicted molar refractivity (Wildman–Crippen MR) is 61.1 cm³/mol. The van der Waals surface area contributed by atoms with E-state index in [9.17, 15) is 4.79 Å². The van der Waals surface area contributed by atoms with Crippen molar-refractivity contribution in [2.75, 3.05) is 0 Å². The van der Waals surface area contributed by atoms with Crippen LogP contribution in [0.2, 0.25) is 0 Å². The zero-order valence-corrected chi connectivity index (χ0v) is 10.6. The number of rotatable bonds is 2. The number of fused-ring (bicyclic) bond motifs is 1. The Morgan fingerprint density at radius 2 is 1.87 bits per heavy atom. The fourth-order valence-electron chi connectivity index (χ4n) is 1.33. The van der Waals surface area contributed by atoms with Gasteiger partial charge in [-0.25, -0.2) is 0 Å². The molecule has 0 aliphatic heterocycles. The summed E-state index contributed by atoms with van der Waals surface area (Å²) in [4.78, 5) is 10.7. The molecule has 0 atom stereocenters. The van der Waals surface area contributed by atoms with Crippen LogP contribution in [0.4, 0.5) is 0 Å². The van der Waals surface area contributed by atoms with Crippen LogP contribution in [0.15, 0.2) is 42.5 Å². The summed E-state index contributed by atoms with van der Waals surface area (Å²) in [5.41, 5.74) is 0. The van der Waals surface area contributed by atoms with E-state index in [4.69, 9.17) is 3.10 Å². The number of benzene rings is 2. The maximum absolute atomic E-state index is 10.7. The molecule has 2 aromatic carbocycles. The second-order valence-corrected chi connectivity index (χ2v) is 5.46. The minimum absolute atomic E-state index is 0.189. The molecule has 2 rings (SSSR count). The van der Waals surface area contributed by atoms with Crippen molar-refractivity contribution in [3.8, 4) is 0 Å². The van der Waals surface area contributed by atoms with Crippen LogP contribution in [0.1, 0.15) is 6.92 Å². The molecule has 0 saturated carbocycles. The van der Waals surface area contributed by atoms with Gasteiger partial charge in [0.05, 0.1) is 0 Å². The van der Waals surface area contributed by atoms with Crippen LogP contribution in [-0.4, -0.2) is 27.3 Å². The SMILES string of the molecule is CC(=O)O[Te]c1ccc2ccccc2c1. The van der Waals surface area contributed by atoms with Crippen molar-refractivity contribution < 1.29 is 7.90 Å². The molecular formula is C12H10O2Te. The Morgan fingerprint density at radius 1 is 1.13 bits per heavy atom. The third kappa shape index (κ3) is 2.71. The minimum atomic E-state index is -0.817. The van der Waals surface area contributed by atoms with Crippen molar-refractivity contribution in [2.24, 2.45) is 0 Å². The molecule has 0 aromatic heterocycles. The molecule has 0 aliphatic rings. The molecule has 0 fully saturated rings. The van der Waals surface area contributed by atoms with Crippen LogP contribution < -0.4 is 3.61 Å². The Bertz CT molecular complexity index is 494. The molecule has 0 radical (unpaired) electrons. The van der Waals surface area contributed by atoms with Crippen molar-refractivity contribution in [2.45, 2.75) is 6.92 Å². The Morgan fingerprint density at radius 3 is 2.60 bits per heavy atom. The van der Waals surface area contributed by atoms with Gasteiger partial charge in [0, 0.05) is 0 Å². The second kappa shape index (κ2) is 4.65. The zero-order valence-electron chi connectivity index (χ0n) is 8.27. The third-order valence-corrected chi connectivity index (χ3v) is 4.16. The van der Waals surface area contributed by atoms with Crippen LogP contribution >= 0.6 is 0 Å². The molecule has 0 aliphatic carbocycles. The van der Waals surface area contributed by atoms with Crippen molar-refractivity contribution >= 4 is 41.7 Å². The van der Waals surface area contributed by atoms with Crippen LogP contribution in [0.3, 0.4) is 0 Å². The topological polar surface area (TPSA) is 26.3 Å². The predicted octanol–water partition coefficient (Wildman–Crippen LogP) is 1.65. The van der Waals surface area contributed by atoms with Crippen LogP contribution in [0, 0.1) is 0 Å². The van der Waals surface area contributed by atoms with Crippen LogP contribution in [0.25, 0.3) is 10.8 Å². The first-order chi connectivity index (χ1) is 7.25. The molecule has 2 nitrogen and oxygen atoms in total. The zero-order chi connectivity index (χ0) is 10.7. The van der Waals surface area contributed by atoms with Gasteiger partial charge < -0.3 is 0 Å². The fourth-order valence-corrected chi connectivity index (χ4v) is 2.79. The first kappa shape index (κ1) is 10.5. The molecule has 15 heavy (non-hydrogen) atoms. The molecule has 0 spiro atoms. The van der Waals surface area contributed by atoms with Crippen LogP contribution in [-0.2, 0) is 7.90 Å². The first-order valence-electron chi connectivity index (χ1n) is 4.59. The second-order valence-electron chi connectivity index (χ2n) is 3.17. The summed E-state index contributed by atoms with van der Waals surface area (Å²) >= 11 is -0.817. The molecule has 0 N–H and O–H groups in total. The molecule has 0 heterocycles.